The third-order valence-electron chi connectivity index (χ3n) is 3.57. The second-order valence-electron chi connectivity index (χ2n) is 4.94. The lowest BCUT2D eigenvalue weighted by molar-refractivity contribution is -0.309. The number of carboxylic acid groups (broad SMARTS) is 1. The van der Waals surface area contributed by atoms with E-state index < -0.39 is 17.9 Å². The summed E-state index contributed by atoms with van der Waals surface area (Å²) in [6, 6.07) is 6.06. The van der Waals surface area contributed by atoms with E-state index in [1.807, 2.05) is 13.0 Å². The van der Waals surface area contributed by atoms with Crippen LogP contribution in [-0.2, 0) is 4.79 Å². The maximum atomic E-state index is 12.1. The van der Waals surface area contributed by atoms with Gasteiger partial charge in [0.25, 0.3) is 5.91 Å². The summed E-state index contributed by atoms with van der Waals surface area (Å²) in [6.07, 6.45) is 2.44. The van der Waals surface area contributed by atoms with Crippen molar-refractivity contribution in [2.24, 2.45) is 5.92 Å². The Hall–Kier alpha value is -2.30. The Morgan fingerprint density at radius 3 is 2.75 bits per heavy atom. The van der Waals surface area contributed by atoms with Gasteiger partial charge < -0.3 is 20.2 Å². The van der Waals surface area contributed by atoms with Crippen LogP contribution in [0.15, 0.2) is 30.5 Å². The molecule has 0 aliphatic heterocycles. The summed E-state index contributed by atoms with van der Waals surface area (Å²) < 4.78 is 0. The summed E-state index contributed by atoms with van der Waals surface area (Å²) in [5, 5.41) is 14.5. The average molecular weight is 273 g/mol. The highest BCUT2D eigenvalue weighted by Crippen LogP contribution is 2.15. The van der Waals surface area contributed by atoms with Crippen LogP contribution in [0.3, 0.4) is 0 Å². The molecular formula is C15H17N2O3-. The minimum Gasteiger partial charge on any atom is -0.548 e. The van der Waals surface area contributed by atoms with Crippen LogP contribution in [0.2, 0.25) is 0 Å². The van der Waals surface area contributed by atoms with Crippen LogP contribution in [0.4, 0.5) is 0 Å². The predicted octanol–water partition coefficient (Wildman–Crippen LogP) is 1.06. The van der Waals surface area contributed by atoms with E-state index in [-0.39, 0.29) is 5.92 Å². The van der Waals surface area contributed by atoms with Crippen LogP contribution < -0.4 is 10.4 Å². The molecule has 1 heterocycles. The van der Waals surface area contributed by atoms with Gasteiger partial charge in [0, 0.05) is 22.7 Å². The lowest BCUT2D eigenvalue weighted by Crippen LogP contribution is -2.51. The van der Waals surface area contributed by atoms with E-state index in [1.54, 1.807) is 31.3 Å². The summed E-state index contributed by atoms with van der Waals surface area (Å²) >= 11 is 0. The standard InChI is InChI=1S/C15H18N2O3/c1-3-9(2)13(15(19)20)17-14(18)11-4-5-12-10(8-11)6-7-16-12/h4-9,13,16H,3H2,1-2H3,(H,17,18)(H,19,20)/p-1/t9-,13+/m0/s1. The minimum absolute atomic E-state index is 0.181. The maximum absolute atomic E-state index is 12.1. The van der Waals surface area contributed by atoms with Gasteiger partial charge in [0.05, 0.1) is 12.0 Å². The maximum Gasteiger partial charge on any atom is 0.251 e. The summed E-state index contributed by atoms with van der Waals surface area (Å²) in [5.74, 6) is -1.84. The number of benzene rings is 1. The summed E-state index contributed by atoms with van der Waals surface area (Å²) in [4.78, 5) is 26.3. The number of aromatic amines is 1. The first-order valence-corrected chi connectivity index (χ1v) is 6.61. The van der Waals surface area contributed by atoms with Gasteiger partial charge in [0.15, 0.2) is 0 Å². The molecule has 1 aromatic carbocycles. The number of carboxylic acids is 1. The highest BCUT2D eigenvalue weighted by molar-refractivity contribution is 5.99. The number of fused-ring (bicyclic) bond motifs is 1. The van der Waals surface area contributed by atoms with E-state index >= 15 is 0 Å². The second kappa shape index (κ2) is 5.77. The van der Waals surface area contributed by atoms with Crippen LogP contribution in [0.5, 0.6) is 0 Å². The Morgan fingerprint density at radius 2 is 2.10 bits per heavy atom. The first kappa shape index (κ1) is 14.1. The van der Waals surface area contributed by atoms with Crippen molar-refractivity contribution in [1.82, 2.24) is 10.3 Å². The molecule has 0 aliphatic carbocycles. The molecule has 1 amide bonds. The Bertz CT molecular complexity index is 633. The summed E-state index contributed by atoms with van der Waals surface area (Å²) in [6.45, 7) is 3.65. The Labute approximate surface area is 117 Å². The minimum atomic E-state index is -1.25. The molecule has 0 saturated heterocycles. The fraction of sp³-hybridized carbons (Fsp3) is 0.333. The SMILES string of the molecule is CC[C@H](C)[C@@H](NC(=O)c1ccc2[nH]ccc2c1)C(=O)[O-]. The molecule has 0 aliphatic rings. The molecule has 2 aromatic rings. The van der Waals surface area contributed by atoms with E-state index in [1.165, 1.54) is 0 Å². The zero-order valence-corrected chi connectivity index (χ0v) is 11.5. The molecule has 20 heavy (non-hydrogen) atoms. The second-order valence-corrected chi connectivity index (χ2v) is 4.94. The van der Waals surface area contributed by atoms with Crippen molar-refractivity contribution < 1.29 is 14.7 Å². The van der Waals surface area contributed by atoms with Gasteiger partial charge in [-0.3, -0.25) is 4.79 Å². The van der Waals surface area contributed by atoms with E-state index in [4.69, 9.17) is 0 Å². The van der Waals surface area contributed by atoms with E-state index in [0.29, 0.717) is 12.0 Å². The lowest BCUT2D eigenvalue weighted by atomic mass is 9.99. The van der Waals surface area contributed by atoms with Gasteiger partial charge >= 0.3 is 0 Å². The number of hydrogen-bond donors (Lipinski definition) is 2. The van der Waals surface area contributed by atoms with Crippen molar-refractivity contribution in [2.45, 2.75) is 26.3 Å². The van der Waals surface area contributed by atoms with E-state index in [9.17, 15) is 14.7 Å². The van der Waals surface area contributed by atoms with Crippen molar-refractivity contribution in [3.05, 3.63) is 36.0 Å². The van der Waals surface area contributed by atoms with Crippen LogP contribution in [0.25, 0.3) is 10.9 Å². The number of aromatic nitrogens is 1. The molecule has 0 fully saturated rings. The van der Waals surface area contributed by atoms with Gasteiger partial charge in [-0.05, 0) is 30.2 Å². The quantitative estimate of drug-likeness (QED) is 0.854. The molecule has 106 valence electrons. The van der Waals surface area contributed by atoms with Gasteiger partial charge in [0.2, 0.25) is 0 Å². The molecule has 0 bridgehead atoms. The molecule has 2 rings (SSSR count). The predicted molar refractivity (Wildman–Crippen MR) is 74.0 cm³/mol. The van der Waals surface area contributed by atoms with Crippen LogP contribution >= 0.6 is 0 Å². The summed E-state index contributed by atoms with van der Waals surface area (Å²) in [5.41, 5.74) is 1.37. The number of carbonyl (C=O) groups is 2. The molecule has 5 nitrogen and oxygen atoms in total. The van der Waals surface area contributed by atoms with Gasteiger partial charge in [-0.25, -0.2) is 0 Å². The number of H-pyrrole nitrogens is 1. The molecular weight excluding hydrogens is 256 g/mol. The van der Waals surface area contributed by atoms with Gasteiger partial charge in [-0.15, -0.1) is 0 Å². The Kier molecular flexibility index (Phi) is 4.08. The molecule has 5 heteroatoms. The Balaban J connectivity index is 2.19. The highest BCUT2D eigenvalue weighted by atomic mass is 16.4. The molecule has 0 unspecified atom stereocenters. The number of nitrogens with one attached hydrogen (secondary N) is 2. The monoisotopic (exact) mass is 273 g/mol. The number of rotatable bonds is 5. The van der Waals surface area contributed by atoms with Gasteiger partial charge in [-0.2, -0.15) is 0 Å². The molecule has 0 saturated carbocycles. The van der Waals surface area contributed by atoms with Crippen molar-refractivity contribution in [3.8, 4) is 0 Å². The largest absolute Gasteiger partial charge is 0.548 e. The Morgan fingerprint density at radius 1 is 1.35 bits per heavy atom. The normalized spacial score (nSPS) is 13.9. The number of aliphatic carboxylic acids is 1. The lowest BCUT2D eigenvalue weighted by Gasteiger charge is -2.25. The first-order chi connectivity index (χ1) is 9.52. The smallest absolute Gasteiger partial charge is 0.251 e. The fourth-order valence-electron chi connectivity index (χ4n) is 2.09. The topological polar surface area (TPSA) is 85.0 Å². The molecule has 2 N–H and O–H groups in total. The number of amides is 1. The number of hydrogen-bond acceptors (Lipinski definition) is 3. The molecule has 0 radical (unpaired) electrons. The third kappa shape index (κ3) is 2.82. The first-order valence-electron chi connectivity index (χ1n) is 6.61. The summed E-state index contributed by atoms with van der Waals surface area (Å²) in [7, 11) is 0. The molecule has 0 spiro atoms. The zero-order valence-electron chi connectivity index (χ0n) is 11.5. The molecule has 1 aromatic heterocycles. The van der Waals surface area contributed by atoms with Gasteiger partial charge in [-0.1, -0.05) is 20.3 Å². The van der Waals surface area contributed by atoms with E-state index in [0.717, 1.165) is 10.9 Å². The van der Waals surface area contributed by atoms with E-state index in [2.05, 4.69) is 10.3 Å². The van der Waals surface area contributed by atoms with Crippen molar-refractivity contribution in [1.29, 1.82) is 0 Å². The van der Waals surface area contributed by atoms with Crippen molar-refractivity contribution >= 4 is 22.8 Å². The van der Waals surface area contributed by atoms with Crippen LogP contribution in [0, 0.1) is 5.92 Å². The van der Waals surface area contributed by atoms with Crippen molar-refractivity contribution in [2.75, 3.05) is 0 Å². The van der Waals surface area contributed by atoms with Crippen LogP contribution in [0.1, 0.15) is 30.6 Å². The number of carbonyl (C=O) groups excluding carboxylic acids is 2. The fourth-order valence-corrected chi connectivity index (χ4v) is 2.09. The van der Waals surface area contributed by atoms with Crippen LogP contribution in [-0.4, -0.2) is 22.9 Å². The van der Waals surface area contributed by atoms with Gasteiger partial charge in [0.1, 0.15) is 0 Å². The molecule has 2 atom stereocenters. The third-order valence-corrected chi connectivity index (χ3v) is 3.57. The average Bonchev–Trinajstić information content (AvgIpc) is 2.90. The highest BCUT2D eigenvalue weighted by Gasteiger charge is 2.20. The van der Waals surface area contributed by atoms with Crippen molar-refractivity contribution in [3.63, 3.8) is 0 Å². The zero-order chi connectivity index (χ0) is 14.7.